The lowest BCUT2D eigenvalue weighted by atomic mass is 10.1. The van der Waals surface area contributed by atoms with E-state index in [1.54, 1.807) is 12.1 Å². The van der Waals surface area contributed by atoms with Crippen LogP contribution in [0.3, 0.4) is 0 Å². The Bertz CT molecular complexity index is 845. The molecule has 0 aliphatic carbocycles. The van der Waals surface area contributed by atoms with Crippen LogP contribution in [0.5, 0.6) is 0 Å². The van der Waals surface area contributed by atoms with Crippen molar-refractivity contribution in [2.24, 2.45) is 0 Å². The van der Waals surface area contributed by atoms with Gasteiger partial charge in [-0.1, -0.05) is 30.3 Å². The van der Waals surface area contributed by atoms with Crippen molar-refractivity contribution in [2.45, 2.75) is 25.6 Å². The van der Waals surface area contributed by atoms with Gasteiger partial charge in [-0.25, -0.2) is 4.39 Å². The van der Waals surface area contributed by atoms with E-state index in [0.29, 0.717) is 13.2 Å². The normalized spacial score (nSPS) is 16.4. The van der Waals surface area contributed by atoms with Gasteiger partial charge in [0.2, 0.25) is 0 Å². The third kappa shape index (κ3) is 3.84. The molecule has 1 aromatic heterocycles. The number of benzene rings is 2. The van der Waals surface area contributed by atoms with Gasteiger partial charge in [-0.2, -0.15) is 5.10 Å². The van der Waals surface area contributed by atoms with Gasteiger partial charge >= 0.3 is 0 Å². The topological polar surface area (TPSA) is 39.1 Å². The number of fused-ring (bicyclic) bond motifs is 1. The minimum atomic E-state index is -0.229. The van der Waals surface area contributed by atoms with E-state index in [0.717, 1.165) is 36.5 Å². The van der Waals surface area contributed by atoms with Crippen molar-refractivity contribution in [2.75, 3.05) is 13.2 Å². The monoisotopic (exact) mass is 351 g/mol. The zero-order valence-electron chi connectivity index (χ0n) is 14.6. The number of aromatic nitrogens is 2. The number of hydrogen-bond donors (Lipinski definition) is 1. The maximum absolute atomic E-state index is 13.1. The third-order valence-electron chi connectivity index (χ3n) is 4.69. The first-order valence-corrected chi connectivity index (χ1v) is 8.96. The average molecular weight is 351 g/mol. The maximum atomic E-state index is 13.1. The molecule has 0 fully saturated rings. The number of nitrogens with one attached hydrogen (secondary N) is 1. The smallest absolute Gasteiger partial charge is 0.123 e. The molecule has 1 aliphatic rings. The van der Waals surface area contributed by atoms with Crippen LogP contribution in [0.15, 0.2) is 60.7 Å². The summed E-state index contributed by atoms with van der Waals surface area (Å²) in [6.45, 7) is 3.00. The predicted molar refractivity (Wildman–Crippen MR) is 99.1 cm³/mol. The summed E-state index contributed by atoms with van der Waals surface area (Å²) in [5, 5.41) is 8.21. The summed E-state index contributed by atoms with van der Waals surface area (Å²) in [5.41, 5.74) is 4.17. The van der Waals surface area contributed by atoms with Gasteiger partial charge in [0.25, 0.3) is 0 Å². The van der Waals surface area contributed by atoms with Crippen LogP contribution in [0, 0.1) is 5.82 Å². The van der Waals surface area contributed by atoms with Crippen molar-refractivity contribution < 1.29 is 9.13 Å². The van der Waals surface area contributed by atoms with Crippen LogP contribution in [0.2, 0.25) is 0 Å². The Morgan fingerprint density at radius 2 is 1.92 bits per heavy atom. The van der Waals surface area contributed by atoms with E-state index in [1.807, 2.05) is 18.2 Å². The summed E-state index contributed by atoms with van der Waals surface area (Å²) < 4.78 is 21.1. The Labute approximate surface area is 152 Å². The van der Waals surface area contributed by atoms with Crippen LogP contribution in [0.4, 0.5) is 4.39 Å². The first-order valence-electron chi connectivity index (χ1n) is 8.96. The Balaban J connectivity index is 1.39. The van der Waals surface area contributed by atoms with Gasteiger partial charge in [0.05, 0.1) is 24.0 Å². The average Bonchev–Trinajstić information content (AvgIpc) is 3.11. The van der Waals surface area contributed by atoms with Crippen LogP contribution >= 0.6 is 0 Å². The fourth-order valence-electron chi connectivity index (χ4n) is 3.30. The summed E-state index contributed by atoms with van der Waals surface area (Å²) in [5.74, 6) is -0.229. The van der Waals surface area contributed by atoms with Crippen LogP contribution < -0.4 is 5.32 Å². The highest BCUT2D eigenvalue weighted by atomic mass is 19.1. The number of nitrogens with zero attached hydrogens (tertiary/aromatic N) is 2. The molecular weight excluding hydrogens is 329 g/mol. The molecule has 26 heavy (non-hydrogen) atoms. The van der Waals surface area contributed by atoms with Gasteiger partial charge in [0, 0.05) is 25.3 Å². The molecule has 0 unspecified atom stereocenters. The molecule has 1 N–H and O–H groups in total. The Morgan fingerprint density at radius 3 is 2.73 bits per heavy atom. The minimum absolute atomic E-state index is 0.229. The molecule has 0 amide bonds. The van der Waals surface area contributed by atoms with Gasteiger partial charge < -0.3 is 10.1 Å². The summed E-state index contributed by atoms with van der Waals surface area (Å²) >= 11 is 0. The zero-order valence-corrected chi connectivity index (χ0v) is 14.6. The first-order chi connectivity index (χ1) is 12.8. The van der Waals surface area contributed by atoms with E-state index in [9.17, 15) is 4.39 Å². The van der Waals surface area contributed by atoms with E-state index < -0.39 is 0 Å². The lowest BCUT2D eigenvalue weighted by Gasteiger charge is -2.25. The molecular formula is C21H22FN3O. The lowest BCUT2D eigenvalue weighted by molar-refractivity contribution is 0.104. The molecule has 1 atom stereocenters. The van der Waals surface area contributed by atoms with Crippen molar-refractivity contribution >= 4 is 0 Å². The van der Waals surface area contributed by atoms with Gasteiger partial charge in [-0.15, -0.1) is 0 Å². The summed E-state index contributed by atoms with van der Waals surface area (Å²) in [4.78, 5) is 0. The minimum Gasteiger partial charge on any atom is -0.377 e. The molecule has 0 saturated carbocycles. The Morgan fingerprint density at radius 1 is 1.12 bits per heavy atom. The lowest BCUT2D eigenvalue weighted by Crippen LogP contribution is -2.34. The predicted octanol–water partition coefficient (Wildman–Crippen LogP) is 3.94. The van der Waals surface area contributed by atoms with Crippen molar-refractivity contribution in [3.05, 3.63) is 77.7 Å². The zero-order chi connectivity index (χ0) is 17.8. The Kier molecular flexibility index (Phi) is 5.09. The van der Waals surface area contributed by atoms with Crippen molar-refractivity contribution in [1.29, 1.82) is 0 Å². The quantitative estimate of drug-likeness (QED) is 0.684. The molecule has 0 saturated heterocycles. The molecule has 0 bridgehead atoms. The fraction of sp³-hybridized carbons (Fsp3) is 0.286. The standard InChI is InChI=1S/C21H22FN3O/c22-18-8-6-17(7-9-18)21-12-20-14-23-13-19(25(20)24-21)10-11-26-15-16-4-2-1-3-5-16/h1-9,12,19,23H,10-11,13-15H2/t19-/m1/s1. The van der Waals surface area contributed by atoms with Gasteiger partial charge in [-0.3, -0.25) is 4.68 Å². The summed E-state index contributed by atoms with van der Waals surface area (Å²) in [7, 11) is 0. The molecule has 5 heteroatoms. The van der Waals surface area contributed by atoms with E-state index in [4.69, 9.17) is 9.84 Å². The third-order valence-corrected chi connectivity index (χ3v) is 4.69. The molecule has 4 nitrogen and oxygen atoms in total. The first kappa shape index (κ1) is 16.9. The second-order valence-electron chi connectivity index (χ2n) is 6.58. The Hall–Kier alpha value is -2.50. The van der Waals surface area contributed by atoms with Gasteiger partial charge in [0.1, 0.15) is 5.82 Å². The number of ether oxygens (including phenoxy) is 1. The molecule has 0 radical (unpaired) electrons. The molecule has 1 aliphatic heterocycles. The van der Waals surface area contributed by atoms with E-state index in [2.05, 4.69) is 28.2 Å². The van der Waals surface area contributed by atoms with Crippen molar-refractivity contribution in [1.82, 2.24) is 15.1 Å². The highest BCUT2D eigenvalue weighted by molar-refractivity contribution is 5.59. The number of rotatable bonds is 6. The highest BCUT2D eigenvalue weighted by Gasteiger charge is 2.21. The van der Waals surface area contributed by atoms with Crippen LogP contribution in [-0.4, -0.2) is 22.9 Å². The van der Waals surface area contributed by atoms with Crippen molar-refractivity contribution in [3.63, 3.8) is 0 Å². The van der Waals surface area contributed by atoms with Crippen LogP contribution in [-0.2, 0) is 17.9 Å². The second-order valence-corrected chi connectivity index (χ2v) is 6.58. The van der Waals surface area contributed by atoms with E-state index in [-0.39, 0.29) is 11.9 Å². The molecule has 3 aromatic rings. The van der Waals surface area contributed by atoms with E-state index >= 15 is 0 Å². The number of hydrogen-bond acceptors (Lipinski definition) is 3. The SMILES string of the molecule is Fc1ccc(-c2cc3n(n2)[C@H](CCOCc2ccccc2)CNC3)cc1. The van der Waals surface area contributed by atoms with Gasteiger partial charge in [-0.05, 0) is 42.3 Å². The molecule has 2 heterocycles. The van der Waals surface area contributed by atoms with Crippen molar-refractivity contribution in [3.8, 4) is 11.3 Å². The number of halogens is 1. The fourth-order valence-corrected chi connectivity index (χ4v) is 3.30. The second kappa shape index (κ2) is 7.81. The van der Waals surface area contributed by atoms with E-state index in [1.165, 1.54) is 17.7 Å². The molecule has 2 aromatic carbocycles. The van der Waals surface area contributed by atoms with Gasteiger partial charge in [0.15, 0.2) is 0 Å². The maximum Gasteiger partial charge on any atom is 0.123 e. The van der Waals surface area contributed by atoms with Crippen LogP contribution in [0.25, 0.3) is 11.3 Å². The summed E-state index contributed by atoms with van der Waals surface area (Å²) in [6, 6.07) is 19.0. The van der Waals surface area contributed by atoms with Crippen LogP contribution in [0.1, 0.15) is 23.7 Å². The summed E-state index contributed by atoms with van der Waals surface area (Å²) in [6.07, 6.45) is 0.900. The molecule has 134 valence electrons. The molecule has 4 rings (SSSR count). The molecule has 0 spiro atoms. The highest BCUT2D eigenvalue weighted by Crippen LogP contribution is 2.25. The largest absolute Gasteiger partial charge is 0.377 e.